The summed E-state index contributed by atoms with van der Waals surface area (Å²) in [5.74, 6) is 0.148. The van der Waals surface area contributed by atoms with Crippen LogP contribution in [0.1, 0.15) is 16.8 Å². The smallest absolute Gasteiger partial charge is 0.253 e. The van der Waals surface area contributed by atoms with Crippen molar-refractivity contribution in [3.63, 3.8) is 0 Å². The van der Waals surface area contributed by atoms with Crippen molar-refractivity contribution >= 4 is 23.4 Å². The molecule has 0 radical (unpaired) electrons. The van der Waals surface area contributed by atoms with E-state index in [9.17, 15) is 9.59 Å². The molecule has 1 aromatic carbocycles. The van der Waals surface area contributed by atoms with Gasteiger partial charge in [-0.2, -0.15) is 0 Å². The highest BCUT2D eigenvalue weighted by molar-refractivity contribution is 6.30. The van der Waals surface area contributed by atoms with Crippen LogP contribution in [0, 0.1) is 5.92 Å². The monoisotopic (exact) mass is 322 g/mol. The van der Waals surface area contributed by atoms with Crippen LogP contribution < -0.4 is 0 Å². The van der Waals surface area contributed by atoms with Crippen molar-refractivity contribution in [1.82, 2.24) is 9.80 Å². The number of hydrogen-bond donors (Lipinski definition) is 0. The zero-order valence-corrected chi connectivity index (χ0v) is 13.3. The SMILES string of the molecule is CN1C[C@H]2CN(C(=O)c3cccc(Cl)c3)CC[C@@H]2OCC1=O. The summed E-state index contributed by atoms with van der Waals surface area (Å²) in [5.41, 5.74) is 0.602. The number of amides is 2. The fourth-order valence-corrected chi connectivity index (χ4v) is 3.33. The predicted molar refractivity (Wildman–Crippen MR) is 82.8 cm³/mol. The van der Waals surface area contributed by atoms with Crippen LogP contribution in [0.2, 0.25) is 5.02 Å². The molecule has 0 aliphatic carbocycles. The summed E-state index contributed by atoms with van der Waals surface area (Å²) in [4.78, 5) is 27.9. The van der Waals surface area contributed by atoms with Crippen molar-refractivity contribution in [1.29, 1.82) is 0 Å². The fraction of sp³-hybridized carbons (Fsp3) is 0.500. The second kappa shape index (κ2) is 6.26. The number of nitrogens with zero attached hydrogens (tertiary/aromatic N) is 2. The highest BCUT2D eigenvalue weighted by Crippen LogP contribution is 2.25. The van der Waals surface area contributed by atoms with Gasteiger partial charge in [-0.05, 0) is 24.6 Å². The van der Waals surface area contributed by atoms with Gasteiger partial charge < -0.3 is 14.5 Å². The lowest BCUT2D eigenvalue weighted by molar-refractivity contribution is -0.133. The second-order valence-corrected chi connectivity index (χ2v) is 6.37. The van der Waals surface area contributed by atoms with Crippen molar-refractivity contribution in [2.45, 2.75) is 12.5 Å². The molecule has 0 saturated carbocycles. The molecule has 6 heteroatoms. The number of benzene rings is 1. The Morgan fingerprint density at radius 3 is 2.95 bits per heavy atom. The number of fused-ring (bicyclic) bond motifs is 1. The second-order valence-electron chi connectivity index (χ2n) is 5.93. The van der Waals surface area contributed by atoms with E-state index in [2.05, 4.69) is 0 Å². The summed E-state index contributed by atoms with van der Waals surface area (Å²) in [6.45, 7) is 2.01. The molecule has 2 fully saturated rings. The molecule has 0 aromatic heterocycles. The summed E-state index contributed by atoms with van der Waals surface area (Å²) in [5, 5.41) is 0.559. The van der Waals surface area contributed by atoms with Crippen molar-refractivity contribution in [2.24, 2.45) is 5.92 Å². The van der Waals surface area contributed by atoms with E-state index in [1.807, 2.05) is 4.90 Å². The van der Waals surface area contributed by atoms with Crippen LogP contribution >= 0.6 is 11.6 Å². The van der Waals surface area contributed by atoms with E-state index >= 15 is 0 Å². The first-order valence-electron chi connectivity index (χ1n) is 7.45. The molecule has 2 atom stereocenters. The molecule has 0 unspecified atom stereocenters. The summed E-state index contributed by atoms with van der Waals surface area (Å²) in [7, 11) is 1.78. The number of likely N-dealkylation sites (N-methyl/N-ethyl adjacent to an activating group) is 1. The summed E-state index contributed by atoms with van der Waals surface area (Å²) >= 11 is 5.96. The largest absolute Gasteiger partial charge is 0.368 e. The first-order chi connectivity index (χ1) is 10.5. The van der Waals surface area contributed by atoms with E-state index in [0.29, 0.717) is 30.2 Å². The average molecular weight is 323 g/mol. The van der Waals surface area contributed by atoms with E-state index in [4.69, 9.17) is 16.3 Å². The minimum Gasteiger partial charge on any atom is -0.368 e. The molecule has 0 spiro atoms. The third-order valence-electron chi connectivity index (χ3n) is 4.38. The third kappa shape index (κ3) is 3.10. The van der Waals surface area contributed by atoms with Gasteiger partial charge in [0, 0.05) is 43.2 Å². The van der Waals surface area contributed by atoms with E-state index in [1.165, 1.54) is 0 Å². The van der Waals surface area contributed by atoms with Gasteiger partial charge in [0.15, 0.2) is 0 Å². The lowest BCUT2D eigenvalue weighted by Crippen LogP contribution is -2.48. The normalized spacial score (nSPS) is 25.6. The van der Waals surface area contributed by atoms with Crippen LogP contribution in [0.3, 0.4) is 0 Å². The van der Waals surface area contributed by atoms with Gasteiger partial charge in [-0.3, -0.25) is 9.59 Å². The number of ether oxygens (including phenoxy) is 1. The number of hydrogen-bond acceptors (Lipinski definition) is 3. The molecule has 0 N–H and O–H groups in total. The summed E-state index contributed by atoms with van der Waals surface area (Å²) in [6, 6.07) is 7.00. The average Bonchev–Trinajstić information content (AvgIpc) is 2.65. The zero-order chi connectivity index (χ0) is 15.7. The number of carbonyl (C=O) groups is 2. The van der Waals surface area contributed by atoms with Gasteiger partial charge in [0.25, 0.3) is 5.91 Å². The molecule has 2 amide bonds. The van der Waals surface area contributed by atoms with Gasteiger partial charge in [-0.1, -0.05) is 17.7 Å². The molecular formula is C16H19ClN2O3. The topological polar surface area (TPSA) is 49.9 Å². The Morgan fingerprint density at radius 1 is 1.36 bits per heavy atom. The number of carbonyl (C=O) groups excluding carboxylic acids is 2. The predicted octanol–water partition coefficient (Wildman–Crippen LogP) is 1.66. The third-order valence-corrected chi connectivity index (χ3v) is 4.61. The van der Waals surface area contributed by atoms with Gasteiger partial charge in [-0.25, -0.2) is 0 Å². The van der Waals surface area contributed by atoms with Crippen LogP contribution in [0.15, 0.2) is 24.3 Å². The van der Waals surface area contributed by atoms with Gasteiger partial charge in [0.1, 0.15) is 6.61 Å². The molecule has 22 heavy (non-hydrogen) atoms. The summed E-state index contributed by atoms with van der Waals surface area (Å²) in [6.07, 6.45) is 0.815. The van der Waals surface area contributed by atoms with Crippen LogP contribution in [0.5, 0.6) is 0 Å². The quantitative estimate of drug-likeness (QED) is 0.790. The molecule has 118 valence electrons. The Hall–Kier alpha value is -1.59. The van der Waals surface area contributed by atoms with E-state index in [-0.39, 0.29) is 30.4 Å². The maximum Gasteiger partial charge on any atom is 0.253 e. The van der Waals surface area contributed by atoms with Crippen LogP contribution in [-0.2, 0) is 9.53 Å². The molecule has 5 nitrogen and oxygen atoms in total. The Labute approximate surface area is 134 Å². The fourth-order valence-electron chi connectivity index (χ4n) is 3.14. The number of rotatable bonds is 1. The van der Waals surface area contributed by atoms with Crippen molar-refractivity contribution in [3.8, 4) is 0 Å². The molecule has 3 rings (SSSR count). The Balaban J connectivity index is 1.72. The van der Waals surface area contributed by atoms with Gasteiger partial charge in [0.05, 0.1) is 6.10 Å². The molecule has 2 aliphatic rings. The van der Waals surface area contributed by atoms with Crippen molar-refractivity contribution in [3.05, 3.63) is 34.9 Å². The number of piperidine rings is 1. The van der Waals surface area contributed by atoms with Crippen molar-refractivity contribution in [2.75, 3.05) is 33.3 Å². The van der Waals surface area contributed by atoms with E-state index in [1.54, 1.807) is 36.2 Å². The van der Waals surface area contributed by atoms with Crippen LogP contribution in [-0.4, -0.2) is 61.0 Å². The van der Waals surface area contributed by atoms with Crippen LogP contribution in [0.25, 0.3) is 0 Å². The lowest BCUT2D eigenvalue weighted by atomic mass is 9.93. The molecular weight excluding hydrogens is 304 g/mol. The maximum atomic E-state index is 12.6. The minimum absolute atomic E-state index is 0.00196. The van der Waals surface area contributed by atoms with Gasteiger partial charge in [-0.15, -0.1) is 0 Å². The summed E-state index contributed by atoms with van der Waals surface area (Å²) < 4.78 is 5.69. The highest BCUT2D eigenvalue weighted by Gasteiger charge is 2.36. The van der Waals surface area contributed by atoms with Gasteiger partial charge in [0.2, 0.25) is 5.91 Å². The van der Waals surface area contributed by atoms with Crippen LogP contribution in [0.4, 0.5) is 0 Å². The molecule has 1 aromatic rings. The number of likely N-dealkylation sites (tertiary alicyclic amines) is 1. The van der Waals surface area contributed by atoms with Crippen molar-refractivity contribution < 1.29 is 14.3 Å². The highest BCUT2D eigenvalue weighted by atomic mass is 35.5. The maximum absolute atomic E-state index is 12.6. The molecule has 2 saturated heterocycles. The molecule has 2 aliphatic heterocycles. The van der Waals surface area contributed by atoms with E-state index in [0.717, 1.165) is 6.42 Å². The minimum atomic E-state index is -0.0147. The first-order valence-corrected chi connectivity index (χ1v) is 7.83. The lowest BCUT2D eigenvalue weighted by Gasteiger charge is -2.37. The standard InChI is InChI=1S/C16H19ClN2O3/c1-18-8-12-9-19(6-5-14(12)22-10-15(18)20)16(21)11-3-2-4-13(17)7-11/h2-4,7,12,14H,5-6,8-10H2,1H3/t12-,14-/m0/s1. The number of halogens is 1. The Kier molecular flexibility index (Phi) is 4.36. The molecule has 2 heterocycles. The Bertz CT molecular complexity index is 593. The molecule has 0 bridgehead atoms. The zero-order valence-electron chi connectivity index (χ0n) is 12.5. The van der Waals surface area contributed by atoms with Gasteiger partial charge >= 0.3 is 0 Å². The van der Waals surface area contributed by atoms with E-state index < -0.39 is 0 Å². The first kappa shape index (κ1) is 15.3. The Morgan fingerprint density at radius 2 is 2.18 bits per heavy atom.